The van der Waals surface area contributed by atoms with Gasteiger partial charge in [-0.2, -0.15) is 0 Å². The van der Waals surface area contributed by atoms with Gasteiger partial charge in [0.1, 0.15) is 0 Å². The molecule has 3 aromatic carbocycles. The van der Waals surface area contributed by atoms with Gasteiger partial charge in [0, 0.05) is 19.1 Å². The third kappa shape index (κ3) is 3.84. The highest BCUT2D eigenvalue weighted by Crippen LogP contribution is 2.29. The quantitative estimate of drug-likeness (QED) is 0.681. The third-order valence-corrected chi connectivity index (χ3v) is 4.70. The van der Waals surface area contributed by atoms with Gasteiger partial charge in [0.25, 0.3) is 0 Å². The molecule has 1 unspecified atom stereocenters. The number of nitrogens with two attached hydrogens (primary N) is 1. The second-order valence-electron chi connectivity index (χ2n) is 6.34. The zero-order valence-corrected chi connectivity index (χ0v) is 14.4. The van der Waals surface area contributed by atoms with E-state index < -0.39 is 0 Å². The summed E-state index contributed by atoms with van der Waals surface area (Å²) in [6.07, 6.45) is 1.02. The van der Waals surface area contributed by atoms with Crippen molar-refractivity contribution >= 4 is 10.8 Å². The summed E-state index contributed by atoms with van der Waals surface area (Å²) in [5.74, 6) is 0. The van der Waals surface area contributed by atoms with Crippen LogP contribution < -0.4 is 5.73 Å². The fraction of sp³-hybridized carbons (Fsp3) is 0.273. The summed E-state index contributed by atoms with van der Waals surface area (Å²) in [5, 5.41) is 2.65. The Morgan fingerprint density at radius 2 is 1.58 bits per heavy atom. The average molecular weight is 318 g/mol. The predicted molar refractivity (Wildman–Crippen MR) is 103 cm³/mol. The topological polar surface area (TPSA) is 29.3 Å². The normalized spacial score (nSPS) is 12.6. The molecule has 2 nitrogen and oxygen atoms in total. The molecule has 0 bridgehead atoms. The van der Waals surface area contributed by atoms with Crippen molar-refractivity contribution in [2.75, 3.05) is 13.1 Å². The minimum atomic E-state index is 0.350. The Morgan fingerprint density at radius 1 is 0.875 bits per heavy atom. The first kappa shape index (κ1) is 16.7. The Hall–Kier alpha value is -2.16. The van der Waals surface area contributed by atoms with Gasteiger partial charge in [0.2, 0.25) is 0 Å². The highest BCUT2D eigenvalue weighted by atomic mass is 15.1. The highest BCUT2D eigenvalue weighted by Gasteiger charge is 2.17. The maximum Gasteiger partial charge on any atom is 0.0329 e. The Balaban J connectivity index is 1.90. The molecule has 0 spiro atoms. The van der Waals surface area contributed by atoms with E-state index in [1.165, 1.54) is 21.9 Å². The van der Waals surface area contributed by atoms with E-state index in [0.29, 0.717) is 6.04 Å². The lowest BCUT2D eigenvalue weighted by atomic mass is 9.98. The van der Waals surface area contributed by atoms with Gasteiger partial charge in [-0.15, -0.1) is 0 Å². The van der Waals surface area contributed by atoms with Crippen molar-refractivity contribution in [1.82, 2.24) is 4.90 Å². The fourth-order valence-electron chi connectivity index (χ4n) is 3.33. The average Bonchev–Trinajstić information content (AvgIpc) is 2.65. The van der Waals surface area contributed by atoms with Gasteiger partial charge in [0.15, 0.2) is 0 Å². The summed E-state index contributed by atoms with van der Waals surface area (Å²) < 4.78 is 0. The fourth-order valence-corrected chi connectivity index (χ4v) is 3.33. The first-order chi connectivity index (χ1) is 11.8. The van der Waals surface area contributed by atoms with Crippen LogP contribution in [0.4, 0.5) is 0 Å². The maximum atomic E-state index is 5.77. The number of hydrogen-bond donors (Lipinski definition) is 1. The van der Waals surface area contributed by atoms with Crippen molar-refractivity contribution in [2.45, 2.75) is 25.9 Å². The molecule has 0 aliphatic carbocycles. The van der Waals surface area contributed by atoms with Crippen LogP contribution in [0.15, 0.2) is 72.8 Å². The monoisotopic (exact) mass is 318 g/mol. The van der Waals surface area contributed by atoms with Crippen LogP contribution >= 0.6 is 0 Å². The largest absolute Gasteiger partial charge is 0.330 e. The van der Waals surface area contributed by atoms with E-state index in [9.17, 15) is 0 Å². The molecule has 0 aromatic heterocycles. The van der Waals surface area contributed by atoms with Gasteiger partial charge >= 0.3 is 0 Å². The number of fused-ring (bicyclic) bond motifs is 1. The molecule has 3 rings (SSSR count). The van der Waals surface area contributed by atoms with Crippen LogP contribution in [0.1, 0.15) is 30.5 Å². The lowest BCUT2D eigenvalue weighted by Crippen LogP contribution is -2.29. The lowest BCUT2D eigenvalue weighted by Gasteiger charge is -2.30. The van der Waals surface area contributed by atoms with E-state index in [2.05, 4.69) is 84.6 Å². The van der Waals surface area contributed by atoms with Crippen molar-refractivity contribution in [1.29, 1.82) is 0 Å². The van der Waals surface area contributed by atoms with Crippen molar-refractivity contribution < 1.29 is 0 Å². The molecular weight excluding hydrogens is 292 g/mol. The zero-order chi connectivity index (χ0) is 16.8. The van der Waals surface area contributed by atoms with Crippen molar-refractivity contribution in [2.24, 2.45) is 5.73 Å². The summed E-state index contributed by atoms with van der Waals surface area (Å²) in [4.78, 5) is 2.53. The molecule has 0 fully saturated rings. The molecule has 2 N–H and O–H groups in total. The van der Waals surface area contributed by atoms with Gasteiger partial charge < -0.3 is 5.73 Å². The zero-order valence-electron chi connectivity index (χ0n) is 14.4. The number of nitrogens with zero attached hydrogens (tertiary/aromatic N) is 1. The molecule has 1 atom stereocenters. The van der Waals surface area contributed by atoms with Crippen molar-refractivity contribution in [3.63, 3.8) is 0 Å². The van der Waals surface area contributed by atoms with Crippen LogP contribution in [0.2, 0.25) is 0 Å². The number of hydrogen-bond acceptors (Lipinski definition) is 2. The summed E-state index contributed by atoms with van der Waals surface area (Å²) in [6.45, 7) is 5.00. The molecule has 0 aliphatic rings. The van der Waals surface area contributed by atoms with Crippen LogP contribution in [0.3, 0.4) is 0 Å². The maximum absolute atomic E-state index is 5.77. The van der Waals surface area contributed by atoms with Crippen LogP contribution in [-0.4, -0.2) is 18.0 Å². The van der Waals surface area contributed by atoms with Gasteiger partial charge in [-0.25, -0.2) is 0 Å². The first-order valence-corrected chi connectivity index (χ1v) is 8.75. The van der Waals surface area contributed by atoms with Crippen LogP contribution in [-0.2, 0) is 6.54 Å². The van der Waals surface area contributed by atoms with Crippen LogP contribution in [0.5, 0.6) is 0 Å². The van der Waals surface area contributed by atoms with E-state index >= 15 is 0 Å². The van der Waals surface area contributed by atoms with Gasteiger partial charge in [0.05, 0.1) is 0 Å². The summed E-state index contributed by atoms with van der Waals surface area (Å²) in [6, 6.07) is 26.3. The molecular formula is C22H26N2. The van der Waals surface area contributed by atoms with E-state index in [4.69, 9.17) is 5.73 Å². The molecule has 0 saturated heterocycles. The number of benzene rings is 3. The highest BCUT2D eigenvalue weighted by molar-refractivity contribution is 5.86. The van der Waals surface area contributed by atoms with Crippen molar-refractivity contribution in [3.8, 4) is 0 Å². The summed E-state index contributed by atoms with van der Waals surface area (Å²) in [7, 11) is 0. The Labute approximate surface area is 144 Å². The van der Waals surface area contributed by atoms with Gasteiger partial charge in [-0.1, -0.05) is 72.8 Å². The summed E-state index contributed by atoms with van der Waals surface area (Å²) >= 11 is 0. The number of rotatable bonds is 7. The Bertz CT molecular complexity index is 762. The molecule has 24 heavy (non-hydrogen) atoms. The molecule has 2 heteroatoms. The third-order valence-electron chi connectivity index (χ3n) is 4.70. The van der Waals surface area contributed by atoms with Gasteiger partial charge in [-0.3, -0.25) is 4.90 Å². The second kappa shape index (κ2) is 8.09. The second-order valence-corrected chi connectivity index (χ2v) is 6.34. The Morgan fingerprint density at radius 3 is 2.38 bits per heavy atom. The molecule has 0 heterocycles. The van der Waals surface area contributed by atoms with E-state index in [1.807, 2.05) is 0 Å². The molecule has 0 aliphatic heterocycles. The van der Waals surface area contributed by atoms with E-state index in [-0.39, 0.29) is 0 Å². The lowest BCUT2D eigenvalue weighted by molar-refractivity contribution is 0.201. The van der Waals surface area contributed by atoms with E-state index in [1.54, 1.807) is 0 Å². The first-order valence-electron chi connectivity index (χ1n) is 8.75. The smallest absolute Gasteiger partial charge is 0.0329 e. The molecule has 0 amide bonds. The predicted octanol–water partition coefficient (Wildman–Crippen LogP) is 4.75. The minimum Gasteiger partial charge on any atom is -0.330 e. The standard InChI is InChI=1S/C22H26N2/c1-18(21-14-7-12-20-11-5-6-13-22(20)21)24(16-8-15-23)17-19-9-3-2-4-10-19/h2-7,9-14,18H,8,15-17,23H2,1H3. The van der Waals surface area contributed by atoms with Crippen molar-refractivity contribution in [3.05, 3.63) is 83.9 Å². The van der Waals surface area contributed by atoms with Crippen LogP contribution in [0, 0.1) is 0 Å². The molecule has 124 valence electrons. The SMILES string of the molecule is CC(c1cccc2ccccc12)N(CCCN)Cc1ccccc1. The van der Waals surface area contributed by atoms with E-state index in [0.717, 1.165) is 26.1 Å². The molecule has 3 aromatic rings. The molecule has 0 saturated carbocycles. The minimum absolute atomic E-state index is 0.350. The summed E-state index contributed by atoms with van der Waals surface area (Å²) in [5.41, 5.74) is 8.51. The van der Waals surface area contributed by atoms with Crippen LogP contribution in [0.25, 0.3) is 10.8 Å². The Kier molecular flexibility index (Phi) is 5.63. The molecule has 0 radical (unpaired) electrons. The van der Waals surface area contributed by atoms with Gasteiger partial charge in [-0.05, 0) is 41.8 Å².